The molecule has 0 aromatic carbocycles. The Hall–Kier alpha value is -1.61. The van der Waals surface area contributed by atoms with Crippen molar-refractivity contribution in [3.05, 3.63) is 18.0 Å². The number of halogens is 3. The van der Waals surface area contributed by atoms with E-state index in [-0.39, 0.29) is 11.6 Å². The van der Waals surface area contributed by atoms with E-state index in [0.717, 1.165) is 25.5 Å². The zero-order valence-electron chi connectivity index (χ0n) is 12.3. The molecule has 2 rings (SSSR count). The predicted molar refractivity (Wildman–Crippen MR) is 72.5 cm³/mol. The number of aromatic nitrogens is 2. The Morgan fingerprint density at radius 2 is 2.14 bits per heavy atom. The van der Waals surface area contributed by atoms with E-state index in [1.54, 1.807) is 0 Å². The number of alkyl halides is 3. The Balaban J connectivity index is 1.81. The number of nitrogens with one attached hydrogen (secondary N) is 1. The molecule has 1 aliphatic rings. The van der Waals surface area contributed by atoms with Gasteiger partial charge in [-0.3, -0.25) is 14.4 Å². The molecule has 1 aromatic heterocycles. The lowest BCUT2D eigenvalue weighted by atomic mass is 10.2. The summed E-state index contributed by atoms with van der Waals surface area (Å²) in [5, 5.41) is 6.26. The maximum Gasteiger partial charge on any atom is 0.408 e. The second-order valence-electron chi connectivity index (χ2n) is 5.25. The predicted octanol–water partition coefficient (Wildman–Crippen LogP) is 0.896. The molecule has 22 heavy (non-hydrogen) atoms. The van der Waals surface area contributed by atoms with Crippen LogP contribution in [0.5, 0.6) is 0 Å². The number of carbonyl (C=O) groups excluding carboxylic acids is 1. The number of morpholine rings is 1. The molecular weight excluding hydrogens is 301 g/mol. The summed E-state index contributed by atoms with van der Waals surface area (Å²) in [6, 6.07) is 0.137. The highest BCUT2D eigenvalue weighted by Crippen LogP contribution is 2.17. The molecule has 0 saturated carbocycles. The number of carbonyl (C=O) groups is 1. The molecule has 0 aliphatic carbocycles. The van der Waals surface area contributed by atoms with Gasteiger partial charge in [0.25, 0.3) is 5.91 Å². The van der Waals surface area contributed by atoms with Crippen molar-refractivity contribution in [1.82, 2.24) is 20.0 Å². The molecule has 1 aromatic rings. The van der Waals surface area contributed by atoms with E-state index in [4.69, 9.17) is 4.74 Å². The van der Waals surface area contributed by atoms with E-state index in [0.29, 0.717) is 24.4 Å². The van der Waals surface area contributed by atoms with Crippen molar-refractivity contribution in [3.63, 3.8) is 0 Å². The van der Waals surface area contributed by atoms with E-state index >= 15 is 0 Å². The molecule has 124 valence electrons. The SMILES string of the molecule is C[C@@H](CNC(=O)c1cnn(CC(F)(F)F)c1)N1CCOCC1. The van der Waals surface area contributed by atoms with Crippen molar-refractivity contribution >= 4 is 5.91 Å². The number of amides is 1. The average molecular weight is 320 g/mol. The number of nitrogens with zero attached hydrogens (tertiary/aromatic N) is 3. The van der Waals surface area contributed by atoms with Crippen LogP contribution in [0, 0.1) is 0 Å². The van der Waals surface area contributed by atoms with E-state index in [2.05, 4.69) is 15.3 Å². The van der Waals surface area contributed by atoms with Gasteiger partial charge in [-0.2, -0.15) is 18.3 Å². The Morgan fingerprint density at radius 3 is 2.77 bits per heavy atom. The van der Waals surface area contributed by atoms with Crippen LogP contribution in [0.2, 0.25) is 0 Å². The third-order valence-electron chi connectivity index (χ3n) is 3.46. The summed E-state index contributed by atoms with van der Waals surface area (Å²) < 4.78 is 42.7. The molecule has 0 unspecified atom stereocenters. The second-order valence-corrected chi connectivity index (χ2v) is 5.25. The summed E-state index contributed by atoms with van der Waals surface area (Å²) >= 11 is 0. The smallest absolute Gasteiger partial charge is 0.379 e. The van der Waals surface area contributed by atoms with Crippen LogP contribution >= 0.6 is 0 Å². The molecule has 1 saturated heterocycles. The van der Waals surface area contributed by atoms with Gasteiger partial charge in [-0.1, -0.05) is 0 Å². The van der Waals surface area contributed by atoms with Crippen LogP contribution in [0.15, 0.2) is 12.4 Å². The lowest BCUT2D eigenvalue weighted by Gasteiger charge is -2.32. The van der Waals surface area contributed by atoms with Gasteiger partial charge in [-0.15, -0.1) is 0 Å². The summed E-state index contributed by atoms with van der Waals surface area (Å²) in [4.78, 5) is 14.1. The Labute approximate surface area is 126 Å². The molecule has 6 nitrogen and oxygen atoms in total. The molecule has 9 heteroatoms. The maximum absolute atomic E-state index is 12.2. The van der Waals surface area contributed by atoms with Gasteiger partial charge >= 0.3 is 6.18 Å². The third-order valence-corrected chi connectivity index (χ3v) is 3.46. The second kappa shape index (κ2) is 7.10. The molecule has 0 radical (unpaired) electrons. The maximum atomic E-state index is 12.2. The minimum Gasteiger partial charge on any atom is -0.379 e. The van der Waals surface area contributed by atoms with E-state index in [1.165, 1.54) is 0 Å². The highest BCUT2D eigenvalue weighted by atomic mass is 19.4. The number of hydrogen-bond donors (Lipinski definition) is 1. The lowest BCUT2D eigenvalue weighted by Crippen LogP contribution is -2.47. The van der Waals surface area contributed by atoms with Crippen LogP contribution in [0.4, 0.5) is 13.2 Å². The van der Waals surface area contributed by atoms with Gasteiger partial charge in [0.2, 0.25) is 0 Å². The van der Waals surface area contributed by atoms with E-state index in [1.807, 2.05) is 6.92 Å². The van der Waals surface area contributed by atoms with Crippen molar-refractivity contribution in [2.24, 2.45) is 0 Å². The molecule has 1 fully saturated rings. The summed E-state index contributed by atoms with van der Waals surface area (Å²) in [5.41, 5.74) is 0.124. The molecule has 1 amide bonds. The van der Waals surface area contributed by atoms with Gasteiger partial charge in [0, 0.05) is 31.9 Å². The molecule has 1 N–H and O–H groups in total. The zero-order chi connectivity index (χ0) is 16.2. The van der Waals surface area contributed by atoms with Crippen LogP contribution < -0.4 is 5.32 Å². The van der Waals surface area contributed by atoms with Crippen LogP contribution in [0.25, 0.3) is 0 Å². The Bertz CT molecular complexity index is 498. The number of hydrogen-bond acceptors (Lipinski definition) is 4. The average Bonchev–Trinajstić information content (AvgIpc) is 2.91. The third kappa shape index (κ3) is 4.99. The first kappa shape index (κ1) is 16.8. The largest absolute Gasteiger partial charge is 0.408 e. The number of rotatable bonds is 5. The monoisotopic (exact) mass is 320 g/mol. The quantitative estimate of drug-likeness (QED) is 0.876. The van der Waals surface area contributed by atoms with Crippen molar-refractivity contribution < 1.29 is 22.7 Å². The van der Waals surface area contributed by atoms with Crippen molar-refractivity contribution in [3.8, 4) is 0 Å². The van der Waals surface area contributed by atoms with Gasteiger partial charge in [0.15, 0.2) is 0 Å². The first-order valence-electron chi connectivity index (χ1n) is 7.04. The number of ether oxygens (including phenoxy) is 1. The van der Waals surface area contributed by atoms with Crippen LogP contribution in [0.1, 0.15) is 17.3 Å². The summed E-state index contributed by atoms with van der Waals surface area (Å²) in [5.74, 6) is -0.423. The van der Waals surface area contributed by atoms with Gasteiger partial charge in [-0.05, 0) is 6.92 Å². The minimum atomic E-state index is -4.36. The Morgan fingerprint density at radius 1 is 1.45 bits per heavy atom. The summed E-state index contributed by atoms with van der Waals surface area (Å²) in [6.45, 7) is 4.15. The lowest BCUT2D eigenvalue weighted by molar-refractivity contribution is -0.142. The molecular formula is C13H19F3N4O2. The van der Waals surface area contributed by atoms with Crippen LogP contribution in [0.3, 0.4) is 0 Å². The van der Waals surface area contributed by atoms with Gasteiger partial charge in [0.1, 0.15) is 6.54 Å². The highest BCUT2D eigenvalue weighted by Gasteiger charge is 2.28. The highest BCUT2D eigenvalue weighted by molar-refractivity contribution is 5.93. The normalized spacial score (nSPS) is 18.2. The molecule has 0 bridgehead atoms. The minimum absolute atomic E-state index is 0.124. The van der Waals surface area contributed by atoms with Gasteiger partial charge in [-0.25, -0.2) is 0 Å². The standard InChI is InChI=1S/C13H19F3N4O2/c1-10(19-2-4-22-5-3-19)6-17-12(21)11-7-18-20(8-11)9-13(14,15)16/h7-8,10H,2-6,9H2,1H3,(H,17,21)/t10-/m0/s1. The Kier molecular flexibility index (Phi) is 5.41. The van der Waals surface area contributed by atoms with Gasteiger partial charge < -0.3 is 10.1 Å². The van der Waals surface area contributed by atoms with E-state index in [9.17, 15) is 18.0 Å². The molecule has 1 aliphatic heterocycles. The van der Waals surface area contributed by atoms with Crippen molar-refractivity contribution in [2.45, 2.75) is 25.7 Å². The first-order chi connectivity index (χ1) is 10.3. The fourth-order valence-corrected chi connectivity index (χ4v) is 2.24. The van der Waals surface area contributed by atoms with Crippen LogP contribution in [-0.2, 0) is 11.3 Å². The van der Waals surface area contributed by atoms with Crippen molar-refractivity contribution in [2.75, 3.05) is 32.8 Å². The topological polar surface area (TPSA) is 59.4 Å². The van der Waals surface area contributed by atoms with Gasteiger partial charge in [0.05, 0.1) is 25.0 Å². The molecule has 2 heterocycles. The first-order valence-corrected chi connectivity index (χ1v) is 7.04. The molecule has 1 atom stereocenters. The summed E-state index contributed by atoms with van der Waals surface area (Å²) in [6.07, 6.45) is -2.12. The fourth-order valence-electron chi connectivity index (χ4n) is 2.24. The van der Waals surface area contributed by atoms with E-state index < -0.39 is 18.6 Å². The fraction of sp³-hybridized carbons (Fsp3) is 0.692. The zero-order valence-corrected chi connectivity index (χ0v) is 12.3. The summed E-state index contributed by atoms with van der Waals surface area (Å²) in [7, 11) is 0. The van der Waals surface area contributed by atoms with Crippen LogP contribution in [-0.4, -0.2) is 65.7 Å². The van der Waals surface area contributed by atoms with Crippen molar-refractivity contribution in [1.29, 1.82) is 0 Å². The molecule has 0 spiro atoms.